The second kappa shape index (κ2) is 6.35. The molecule has 0 atom stereocenters. The van der Waals surface area contributed by atoms with Crippen LogP contribution >= 0.6 is 0 Å². The Hall–Kier alpha value is -0.860. The lowest BCUT2D eigenvalue weighted by Gasteiger charge is -2.43. The lowest BCUT2D eigenvalue weighted by molar-refractivity contribution is 0.191. The molecule has 0 heterocycles. The van der Waals surface area contributed by atoms with E-state index in [0.717, 1.165) is 19.7 Å². The van der Waals surface area contributed by atoms with Gasteiger partial charge in [0.15, 0.2) is 0 Å². The van der Waals surface area contributed by atoms with Gasteiger partial charge in [0, 0.05) is 13.7 Å². The van der Waals surface area contributed by atoms with E-state index in [1.165, 1.54) is 36.8 Å². The fourth-order valence-electron chi connectivity index (χ4n) is 2.82. The topological polar surface area (TPSA) is 21.3 Å². The number of benzene rings is 1. The maximum atomic E-state index is 5.05. The van der Waals surface area contributed by atoms with Crippen molar-refractivity contribution in [3.05, 3.63) is 35.4 Å². The Morgan fingerprint density at radius 2 is 1.89 bits per heavy atom. The van der Waals surface area contributed by atoms with E-state index in [0.29, 0.717) is 5.41 Å². The van der Waals surface area contributed by atoms with E-state index in [2.05, 4.69) is 36.5 Å². The highest BCUT2D eigenvalue weighted by Crippen LogP contribution is 2.46. The molecule has 0 amide bonds. The van der Waals surface area contributed by atoms with Gasteiger partial charge in [0.25, 0.3) is 0 Å². The van der Waals surface area contributed by atoms with Crippen molar-refractivity contribution >= 4 is 0 Å². The Kier molecular flexibility index (Phi) is 4.79. The average molecular weight is 247 g/mol. The van der Waals surface area contributed by atoms with Crippen LogP contribution in [0.15, 0.2) is 24.3 Å². The largest absolute Gasteiger partial charge is 0.383 e. The van der Waals surface area contributed by atoms with Gasteiger partial charge in [-0.2, -0.15) is 0 Å². The van der Waals surface area contributed by atoms with Crippen LogP contribution in [0.1, 0.15) is 36.8 Å². The average Bonchev–Trinajstić information content (AvgIpc) is 2.33. The number of methoxy groups -OCH3 is 1. The smallest absolute Gasteiger partial charge is 0.0587 e. The molecule has 1 aromatic carbocycles. The van der Waals surface area contributed by atoms with Crippen molar-refractivity contribution in [1.29, 1.82) is 0 Å². The third kappa shape index (κ3) is 3.12. The van der Waals surface area contributed by atoms with E-state index < -0.39 is 0 Å². The Morgan fingerprint density at radius 1 is 1.17 bits per heavy atom. The monoisotopic (exact) mass is 247 g/mol. The molecule has 1 aliphatic carbocycles. The van der Waals surface area contributed by atoms with Crippen molar-refractivity contribution in [2.24, 2.45) is 0 Å². The van der Waals surface area contributed by atoms with Gasteiger partial charge in [-0.1, -0.05) is 36.2 Å². The van der Waals surface area contributed by atoms with Crippen LogP contribution in [0.25, 0.3) is 0 Å². The first-order valence-corrected chi connectivity index (χ1v) is 7.04. The molecule has 0 spiro atoms. The Bertz CT molecular complexity index is 354. The highest BCUT2D eigenvalue weighted by Gasteiger charge is 2.37. The van der Waals surface area contributed by atoms with Crippen LogP contribution in [-0.4, -0.2) is 26.8 Å². The molecule has 2 heteroatoms. The molecule has 18 heavy (non-hydrogen) atoms. The van der Waals surface area contributed by atoms with Gasteiger partial charge in [0.1, 0.15) is 0 Å². The summed E-state index contributed by atoms with van der Waals surface area (Å²) in [5.41, 5.74) is 3.34. The highest BCUT2D eigenvalue weighted by atomic mass is 16.5. The van der Waals surface area contributed by atoms with Crippen LogP contribution in [0.2, 0.25) is 0 Å². The van der Waals surface area contributed by atoms with E-state index in [4.69, 9.17) is 4.74 Å². The van der Waals surface area contributed by atoms with E-state index >= 15 is 0 Å². The summed E-state index contributed by atoms with van der Waals surface area (Å²) in [6, 6.07) is 9.13. The fraction of sp³-hybridized carbons (Fsp3) is 0.625. The van der Waals surface area contributed by atoms with Gasteiger partial charge in [0.05, 0.1) is 6.61 Å². The summed E-state index contributed by atoms with van der Waals surface area (Å²) in [6.07, 6.45) is 5.33. The zero-order valence-electron chi connectivity index (χ0n) is 11.7. The zero-order valence-corrected chi connectivity index (χ0v) is 11.7. The summed E-state index contributed by atoms with van der Waals surface area (Å²) in [6.45, 7) is 5.01. The number of hydrogen-bond acceptors (Lipinski definition) is 2. The minimum Gasteiger partial charge on any atom is -0.383 e. The maximum absolute atomic E-state index is 5.05. The van der Waals surface area contributed by atoms with Gasteiger partial charge in [-0.05, 0) is 43.7 Å². The number of ether oxygens (including phenoxy) is 1. The molecule has 2 nitrogen and oxygen atoms in total. The number of nitrogens with one attached hydrogen (secondary N) is 1. The lowest BCUT2D eigenvalue weighted by Crippen LogP contribution is -2.37. The van der Waals surface area contributed by atoms with Crippen LogP contribution in [0, 0.1) is 6.92 Å². The number of rotatable bonds is 7. The molecular weight excluding hydrogens is 222 g/mol. The Morgan fingerprint density at radius 3 is 2.44 bits per heavy atom. The minimum absolute atomic E-state index is 0.452. The van der Waals surface area contributed by atoms with E-state index in [1.54, 1.807) is 7.11 Å². The standard InChI is InChI=1S/C16H25NO/c1-14-4-6-15(7-5-14)16(8-3-9-16)10-11-17-12-13-18-2/h4-7,17H,3,8-13H2,1-2H3. The minimum atomic E-state index is 0.452. The van der Waals surface area contributed by atoms with Gasteiger partial charge < -0.3 is 10.1 Å². The van der Waals surface area contributed by atoms with Crippen LogP contribution in [0.3, 0.4) is 0 Å². The highest BCUT2D eigenvalue weighted by molar-refractivity contribution is 5.30. The van der Waals surface area contributed by atoms with Gasteiger partial charge >= 0.3 is 0 Å². The molecule has 2 rings (SSSR count). The lowest BCUT2D eigenvalue weighted by atomic mass is 9.62. The second-order valence-electron chi connectivity index (χ2n) is 5.49. The van der Waals surface area contributed by atoms with Gasteiger partial charge in [-0.25, -0.2) is 0 Å². The normalized spacial score (nSPS) is 17.4. The van der Waals surface area contributed by atoms with Crippen molar-refractivity contribution < 1.29 is 4.74 Å². The van der Waals surface area contributed by atoms with E-state index in [1.807, 2.05) is 0 Å². The summed E-state index contributed by atoms with van der Waals surface area (Å²) >= 11 is 0. The molecule has 0 bridgehead atoms. The van der Waals surface area contributed by atoms with Crippen LogP contribution in [0.4, 0.5) is 0 Å². The molecule has 0 radical (unpaired) electrons. The van der Waals surface area contributed by atoms with Gasteiger partial charge in [-0.15, -0.1) is 0 Å². The molecular formula is C16H25NO. The maximum Gasteiger partial charge on any atom is 0.0587 e. The second-order valence-corrected chi connectivity index (χ2v) is 5.49. The summed E-state index contributed by atoms with van der Waals surface area (Å²) in [4.78, 5) is 0. The molecule has 0 unspecified atom stereocenters. The zero-order chi connectivity index (χ0) is 12.8. The van der Waals surface area contributed by atoms with Gasteiger partial charge in [0.2, 0.25) is 0 Å². The molecule has 1 aromatic rings. The van der Waals surface area contributed by atoms with Crippen LogP contribution < -0.4 is 5.32 Å². The first-order valence-electron chi connectivity index (χ1n) is 7.04. The summed E-state index contributed by atoms with van der Waals surface area (Å²) in [5, 5.41) is 3.47. The summed E-state index contributed by atoms with van der Waals surface area (Å²) in [7, 11) is 1.75. The van der Waals surface area contributed by atoms with Crippen molar-refractivity contribution in [2.45, 2.75) is 38.0 Å². The van der Waals surface area contributed by atoms with Gasteiger partial charge in [-0.3, -0.25) is 0 Å². The fourth-order valence-corrected chi connectivity index (χ4v) is 2.82. The Labute approximate surface area is 111 Å². The predicted octanol–water partition coefficient (Wildman–Crippen LogP) is 3.04. The Balaban J connectivity index is 1.88. The van der Waals surface area contributed by atoms with E-state index in [9.17, 15) is 0 Å². The number of aryl methyl sites for hydroxylation is 1. The molecule has 0 aliphatic heterocycles. The molecule has 1 fully saturated rings. The molecule has 1 N–H and O–H groups in total. The third-order valence-electron chi connectivity index (χ3n) is 4.24. The summed E-state index contributed by atoms with van der Waals surface area (Å²) < 4.78 is 5.05. The first kappa shape index (κ1) is 13.6. The number of hydrogen-bond donors (Lipinski definition) is 1. The van der Waals surface area contributed by atoms with Crippen LogP contribution in [0.5, 0.6) is 0 Å². The third-order valence-corrected chi connectivity index (χ3v) is 4.24. The predicted molar refractivity (Wildman–Crippen MR) is 76.1 cm³/mol. The molecule has 100 valence electrons. The van der Waals surface area contributed by atoms with E-state index in [-0.39, 0.29) is 0 Å². The quantitative estimate of drug-likeness (QED) is 0.748. The first-order chi connectivity index (χ1) is 8.77. The molecule has 0 saturated heterocycles. The van der Waals surface area contributed by atoms with Crippen LogP contribution in [-0.2, 0) is 10.2 Å². The van der Waals surface area contributed by atoms with Crippen molar-refractivity contribution in [3.63, 3.8) is 0 Å². The summed E-state index contributed by atoms with van der Waals surface area (Å²) in [5.74, 6) is 0. The van der Waals surface area contributed by atoms with Crippen molar-refractivity contribution in [2.75, 3.05) is 26.8 Å². The molecule has 1 aliphatic rings. The molecule has 1 saturated carbocycles. The SMILES string of the molecule is COCCNCCC1(c2ccc(C)cc2)CCC1. The van der Waals surface area contributed by atoms with Crippen molar-refractivity contribution in [3.8, 4) is 0 Å². The van der Waals surface area contributed by atoms with Crippen molar-refractivity contribution in [1.82, 2.24) is 5.32 Å². The molecule has 0 aromatic heterocycles.